The number of rotatable bonds is 3. The summed E-state index contributed by atoms with van der Waals surface area (Å²) in [5, 5.41) is 0. The first kappa shape index (κ1) is 11.0. The van der Waals surface area contributed by atoms with E-state index in [1.54, 1.807) is 12.4 Å². The number of fused-ring (bicyclic) bond motifs is 1. The quantitative estimate of drug-likeness (QED) is 0.894. The Labute approximate surface area is 106 Å². The standard InChI is InChI=1S/C14H15N3O/c15-12-7-16-14(17-8-12)9-18-13-5-4-10-2-1-3-11(10)6-13/h4-8H,1-3,9,15H2. The molecule has 0 amide bonds. The molecule has 0 saturated heterocycles. The number of hydrogen-bond donors (Lipinski definition) is 1. The lowest BCUT2D eigenvalue weighted by atomic mass is 10.1. The maximum atomic E-state index is 5.69. The first-order chi connectivity index (χ1) is 8.81. The van der Waals surface area contributed by atoms with Crippen molar-refractivity contribution in [3.63, 3.8) is 0 Å². The van der Waals surface area contributed by atoms with E-state index in [1.165, 1.54) is 24.0 Å². The van der Waals surface area contributed by atoms with Crippen molar-refractivity contribution in [2.24, 2.45) is 0 Å². The van der Waals surface area contributed by atoms with Crippen molar-refractivity contribution in [3.05, 3.63) is 47.5 Å². The number of nitrogens with zero attached hydrogens (tertiary/aromatic N) is 2. The molecule has 1 aliphatic carbocycles. The van der Waals surface area contributed by atoms with Crippen LogP contribution in [0.3, 0.4) is 0 Å². The predicted molar refractivity (Wildman–Crippen MR) is 69.2 cm³/mol. The maximum absolute atomic E-state index is 5.69. The molecule has 0 aliphatic heterocycles. The van der Waals surface area contributed by atoms with E-state index < -0.39 is 0 Å². The second-order valence-corrected chi connectivity index (χ2v) is 4.51. The third kappa shape index (κ3) is 2.27. The minimum Gasteiger partial charge on any atom is -0.486 e. The highest BCUT2D eigenvalue weighted by atomic mass is 16.5. The van der Waals surface area contributed by atoms with Crippen LogP contribution in [0.4, 0.5) is 5.69 Å². The van der Waals surface area contributed by atoms with Crippen molar-refractivity contribution in [2.75, 3.05) is 5.73 Å². The molecule has 3 rings (SSSR count). The van der Waals surface area contributed by atoms with Crippen molar-refractivity contribution in [2.45, 2.75) is 25.9 Å². The second-order valence-electron chi connectivity index (χ2n) is 4.51. The Morgan fingerprint density at radius 3 is 2.72 bits per heavy atom. The van der Waals surface area contributed by atoms with Gasteiger partial charge in [-0.3, -0.25) is 0 Å². The Morgan fingerprint density at radius 1 is 1.11 bits per heavy atom. The molecule has 18 heavy (non-hydrogen) atoms. The smallest absolute Gasteiger partial charge is 0.166 e. The molecule has 1 aliphatic rings. The van der Waals surface area contributed by atoms with Crippen LogP contribution in [0.25, 0.3) is 0 Å². The van der Waals surface area contributed by atoms with E-state index in [4.69, 9.17) is 10.5 Å². The molecule has 2 N–H and O–H groups in total. The predicted octanol–water partition coefficient (Wildman–Crippen LogP) is 2.13. The molecule has 0 spiro atoms. The number of ether oxygens (including phenoxy) is 1. The Morgan fingerprint density at radius 2 is 1.89 bits per heavy atom. The van der Waals surface area contributed by atoms with Crippen LogP contribution in [0, 0.1) is 0 Å². The zero-order chi connectivity index (χ0) is 12.4. The maximum Gasteiger partial charge on any atom is 0.166 e. The third-order valence-corrected chi connectivity index (χ3v) is 3.16. The summed E-state index contributed by atoms with van der Waals surface area (Å²) in [6.07, 6.45) is 6.78. The molecular weight excluding hydrogens is 226 g/mol. The molecule has 0 unspecified atom stereocenters. The van der Waals surface area contributed by atoms with Gasteiger partial charge in [-0.15, -0.1) is 0 Å². The van der Waals surface area contributed by atoms with E-state index in [0.717, 1.165) is 12.2 Å². The molecule has 0 atom stereocenters. The first-order valence-electron chi connectivity index (χ1n) is 6.12. The second kappa shape index (κ2) is 4.64. The highest BCUT2D eigenvalue weighted by molar-refractivity contribution is 5.38. The number of hydrogen-bond acceptors (Lipinski definition) is 4. The lowest BCUT2D eigenvalue weighted by molar-refractivity contribution is 0.295. The van der Waals surface area contributed by atoms with Crippen LogP contribution in [0.1, 0.15) is 23.4 Å². The van der Waals surface area contributed by atoms with Crippen LogP contribution in [-0.4, -0.2) is 9.97 Å². The van der Waals surface area contributed by atoms with Crippen molar-refractivity contribution in [1.29, 1.82) is 0 Å². The lowest BCUT2D eigenvalue weighted by Gasteiger charge is -2.07. The van der Waals surface area contributed by atoms with Crippen LogP contribution >= 0.6 is 0 Å². The normalized spacial score (nSPS) is 13.3. The van der Waals surface area contributed by atoms with Gasteiger partial charge in [-0.1, -0.05) is 6.07 Å². The zero-order valence-corrected chi connectivity index (χ0v) is 10.1. The topological polar surface area (TPSA) is 61.0 Å². The van der Waals surface area contributed by atoms with Gasteiger partial charge in [-0.05, 0) is 42.5 Å². The SMILES string of the molecule is Nc1cnc(COc2ccc3c(c2)CCC3)nc1. The summed E-state index contributed by atoms with van der Waals surface area (Å²) < 4.78 is 5.69. The Hall–Kier alpha value is -2.10. The van der Waals surface area contributed by atoms with Gasteiger partial charge >= 0.3 is 0 Å². The number of benzene rings is 1. The van der Waals surface area contributed by atoms with Gasteiger partial charge in [0.05, 0.1) is 18.1 Å². The molecule has 4 nitrogen and oxygen atoms in total. The number of anilines is 1. The van der Waals surface area contributed by atoms with Gasteiger partial charge in [0.1, 0.15) is 12.4 Å². The molecule has 1 aromatic heterocycles. The van der Waals surface area contributed by atoms with Crippen LogP contribution in [0.5, 0.6) is 5.75 Å². The monoisotopic (exact) mass is 241 g/mol. The van der Waals surface area contributed by atoms with Crippen LogP contribution < -0.4 is 10.5 Å². The molecule has 0 fully saturated rings. The molecule has 0 saturated carbocycles. The summed E-state index contributed by atoms with van der Waals surface area (Å²) in [7, 11) is 0. The molecule has 0 bridgehead atoms. The molecule has 92 valence electrons. The molecule has 2 aromatic rings. The first-order valence-corrected chi connectivity index (χ1v) is 6.12. The fraction of sp³-hybridized carbons (Fsp3) is 0.286. The number of aryl methyl sites for hydroxylation is 2. The van der Waals surface area contributed by atoms with Gasteiger partial charge in [0.15, 0.2) is 5.82 Å². The summed E-state index contributed by atoms with van der Waals surface area (Å²) >= 11 is 0. The van der Waals surface area contributed by atoms with E-state index >= 15 is 0 Å². The van der Waals surface area contributed by atoms with E-state index in [0.29, 0.717) is 18.1 Å². The van der Waals surface area contributed by atoms with E-state index in [9.17, 15) is 0 Å². The van der Waals surface area contributed by atoms with Gasteiger partial charge < -0.3 is 10.5 Å². The fourth-order valence-electron chi connectivity index (χ4n) is 2.23. The summed E-state index contributed by atoms with van der Waals surface area (Å²) in [5.74, 6) is 1.53. The number of aromatic nitrogens is 2. The highest BCUT2D eigenvalue weighted by Gasteiger charge is 2.11. The minimum absolute atomic E-state index is 0.374. The Bertz CT molecular complexity index is 551. The van der Waals surface area contributed by atoms with Gasteiger partial charge in [-0.25, -0.2) is 9.97 Å². The average molecular weight is 241 g/mol. The van der Waals surface area contributed by atoms with Crippen LogP contribution in [-0.2, 0) is 19.4 Å². The highest BCUT2D eigenvalue weighted by Crippen LogP contribution is 2.26. The number of nitrogens with two attached hydrogens (primary N) is 1. The van der Waals surface area contributed by atoms with E-state index in [2.05, 4.69) is 22.1 Å². The molecule has 1 aromatic carbocycles. The largest absolute Gasteiger partial charge is 0.486 e. The average Bonchev–Trinajstić information content (AvgIpc) is 2.85. The van der Waals surface area contributed by atoms with Gasteiger partial charge in [0.2, 0.25) is 0 Å². The van der Waals surface area contributed by atoms with Crippen molar-refractivity contribution in [1.82, 2.24) is 9.97 Å². The molecular formula is C14H15N3O. The molecule has 1 heterocycles. The van der Waals surface area contributed by atoms with Crippen LogP contribution in [0.15, 0.2) is 30.6 Å². The van der Waals surface area contributed by atoms with Crippen molar-refractivity contribution < 1.29 is 4.74 Å². The minimum atomic E-state index is 0.374. The molecule has 0 radical (unpaired) electrons. The van der Waals surface area contributed by atoms with Crippen molar-refractivity contribution >= 4 is 5.69 Å². The van der Waals surface area contributed by atoms with Gasteiger partial charge in [0.25, 0.3) is 0 Å². The summed E-state index contributed by atoms with van der Waals surface area (Å²) in [6, 6.07) is 6.29. The Kier molecular flexibility index (Phi) is 2.84. The zero-order valence-electron chi connectivity index (χ0n) is 10.1. The number of nitrogen functional groups attached to an aromatic ring is 1. The fourth-order valence-corrected chi connectivity index (χ4v) is 2.23. The van der Waals surface area contributed by atoms with E-state index in [-0.39, 0.29) is 0 Å². The summed E-state index contributed by atoms with van der Waals surface area (Å²) in [4.78, 5) is 8.21. The van der Waals surface area contributed by atoms with E-state index in [1.807, 2.05) is 6.07 Å². The summed E-state index contributed by atoms with van der Waals surface area (Å²) in [5.41, 5.74) is 8.95. The van der Waals surface area contributed by atoms with Gasteiger partial charge in [0, 0.05) is 0 Å². The lowest BCUT2D eigenvalue weighted by Crippen LogP contribution is -2.02. The van der Waals surface area contributed by atoms with Crippen molar-refractivity contribution in [3.8, 4) is 5.75 Å². The van der Waals surface area contributed by atoms with Crippen LogP contribution in [0.2, 0.25) is 0 Å². The Balaban J connectivity index is 1.68. The van der Waals surface area contributed by atoms with Gasteiger partial charge in [-0.2, -0.15) is 0 Å². The molecule has 4 heteroatoms. The third-order valence-electron chi connectivity index (χ3n) is 3.16. The summed E-state index contributed by atoms with van der Waals surface area (Å²) in [6.45, 7) is 0.374.